The van der Waals surface area contributed by atoms with Crippen molar-refractivity contribution < 1.29 is 8.83 Å². The van der Waals surface area contributed by atoms with Crippen LogP contribution in [0.2, 0.25) is 0 Å². The summed E-state index contributed by atoms with van der Waals surface area (Å²) in [6.07, 6.45) is 0. The largest absolute Gasteiger partial charge is 0.456 e. The van der Waals surface area contributed by atoms with Gasteiger partial charge in [0.2, 0.25) is 0 Å². The predicted octanol–water partition coefficient (Wildman–Crippen LogP) is 15.7. The third-order valence-electron chi connectivity index (χ3n) is 13.0. The quantitative estimate of drug-likeness (QED) is 0.173. The molecule has 0 atom stereocenters. The first-order valence-electron chi connectivity index (χ1n) is 21.8. The van der Waals surface area contributed by atoms with E-state index in [1.54, 1.807) is 0 Å². The van der Waals surface area contributed by atoms with E-state index in [1.807, 2.05) is 60.7 Å². The van der Waals surface area contributed by atoms with Crippen LogP contribution in [0.4, 0.5) is 0 Å². The summed E-state index contributed by atoms with van der Waals surface area (Å²) in [6, 6.07) is 72.3. The minimum absolute atomic E-state index is 0.535. The molecular weight excluding hydrogens is 797 g/mol. The van der Waals surface area contributed by atoms with Crippen molar-refractivity contribution in [3.63, 3.8) is 0 Å². The van der Waals surface area contributed by atoms with Crippen LogP contribution in [0.5, 0.6) is 0 Å². The molecule has 4 aromatic heterocycles. The van der Waals surface area contributed by atoms with E-state index in [9.17, 15) is 0 Å². The molecule has 4 heterocycles. The van der Waals surface area contributed by atoms with Gasteiger partial charge in [-0.15, -0.1) is 0 Å². The van der Waals surface area contributed by atoms with Crippen LogP contribution in [-0.4, -0.2) is 19.5 Å². The van der Waals surface area contributed by atoms with Gasteiger partial charge in [-0.25, -0.2) is 15.0 Å². The van der Waals surface area contributed by atoms with Crippen molar-refractivity contribution in [1.29, 1.82) is 0 Å². The number of hydrogen-bond donors (Lipinski definition) is 0. The highest BCUT2D eigenvalue weighted by Gasteiger charge is 2.23. The second kappa shape index (κ2) is 13.8. The SMILES string of the molecule is c1ccc(-c2nc(-c3ccc(-n4c5ccccc5c5cc6ccccc6cc54)c(-c4cccc5oc6cc7ccccc7cc6c45)c3)nc(-c3cccc4c3oc3ccccc34)n2)cc1. The molecule has 65 heavy (non-hydrogen) atoms. The van der Waals surface area contributed by atoms with Gasteiger partial charge in [0.25, 0.3) is 0 Å². The topological polar surface area (TPSA) is 69.9 Å². The fraction of sp³-hybridized carbons (Fsp3) is 0. The second-order valence-corrected chi connectivity index (χ2v) is 16.7. The maximum absolute atomic E-state index is 6.69. The molecule has 0 saturated carbocycles. The van der Waals surface area contributed by atoms with Gasteiger partial charge in [0, 0.05) is 49.0 Å². The fourth-order valence-electron chi connectivity index (χ4n) is 10.0. The van der Waals surface area contributed by atoms with Crippen LogP contribution >= 0.6 is 0 Å². The average molecular weight is 831 g/mol. The molecule has 0 bridgehead atoms. The lowest BCUT2D eigenvalue weighted by Gasteiger charge is -2.17. The highest BCUT2D eigenvalue weighted by molar-refractivity contribution is 6.18. The third-order valence-corrected chi connectivity index (χ3v) is 13.0. The van der Waals surface area contributed by atoms with Gasteiger partial charge in [-0.3, -0.25) is 0 Å². The number of aromatic nitrogens is 4. The van der Waals surface area contributed by atoms with Crippen LogP contribution in [0.1, 0.15) is 0 Å². The highest BCUT2D eigenvalue weighted by atomic mass is 16.3. The molecule has 0 aliphatic heterocycles. The summed E-state index contributed by atoms with van der Waals surface area (Å²) < 4.78 is 15.7. The van der Waals surface area contributed by atoms with Crippen molar-refractivity contribution in [3.05, 3.63) is 206 Å². The molecule has 0 spiro atoms. The molecule has 0 radical (unpaired) electrons. The van der Waals surface area contributed by atoms with Gasteiger partial charge in [-0.2, -0.15) is 0 Å². The van der Waals surface area contributed by atoms with Crippen LogP contribution in [-0.2, 0) is 0 Å². The monoisotopic (exact) mass is 830 g/mol. The van der Waals surface area contributed by atoms with E-state index in [-0.39, 0.29) is 0 Å². The van der Waals surface area contributed by atoms with E-state index >= 15 is 0 Å². The van der Waals surface area contributed by atoms with Gasteiger partial charge >= 0.3 is 0 Å². The van der Waals surface area contributed by atoms with Crippen molar-refractivity contribution in [3.8, 4) is 51.0 Å². The van der Waals surface area contributed by atoms with Crippen LogP contribution in [0.3, 0.4) is 0 Å². The first-order valence-corrected chi connectivity index (χ1v) is 21.8. The van der Waals surface area contributed by atoms with Crippen LogP contribution in [0.15, 0.2) is 215 Å². The molecule has 10 aromatic carbocycles. The molecule has 6 nitrogen and oxygen atoms in total. The van der Waals surface area contributed by atoms with Crippen molar-refractivity contribution in [2.75, 3.05) is 0 Å². The summed E-state index contributed by atoms with van der Waals surface area (Å²) in [5.74, 6) is 1.67. The molecule has 0 saturated heterocycles. The Labute approximate surface area is 371 Å². The number of furan rings is 2. The molecule has 14 aromatic rings. The van der Waals surface area contributed by atoms with E-state index in [0.717, 1.165) is 99.2 Å². The zero-order valence-corrected chi connectivity index (χ0v) is 34.7. The number of fused-ring (bicyclic) bond motifs is 11. The summed E-state index contributed by atoms with van der Waals surface area (Å²) in [7, 11) is 0. The fourth-order valence-corrected chi connectivity index (χ4v) is 10.0. The molecular formula is C59H34N4O2. The minimum Gasteiger partial charge on any atom is -0.456 e. The molecule has 0 N–H and O–H groups in total. The average Bonchev–Trinajstić information content (AvgIpc) is 4.04. The molecule has 0 amide bonds. The van der Waals surface area contributed by atoms with Gasteiger partial charge in [0.1, 0.15) is 22.3 Å². The van der Waals surface area contributed by atoms with E-state index in [1.165, 1.54) is 21.5 Å². The first-order chi connectivity index (χ1) is 32.2. The number of benzene rings is 10. The summed E-state index contributed by atoms with van der Waals surface area (Å²) >= 11 is 0. The van der Waals surface area contributed by atoms with Gasteiger partial charge in [-0.05, 0) is 93.8 Å². The van der Waals surface area contributed by atoms with Crippen LogP contribution in [0, 0.1) is 0 Å². The molecule has 14 rings (SSSR count). The lowest BCUT2D eigenvalue weighted by atomic mass is 9.95. The molecule has 0 fully saturated rings. The number of para-hydroxylation sites is 3. The third kappa shape index (κ3) is 5.51. The zero-order valence-electron chi connectivity index (χ0n) is 34.7. The first kappa shape index (κ1) is 35.7. The van der Waals surface area contributed by atoms with Gasteiger partial charge in [0.15, 0.2) is 17.5 Å². The predicted molar refractivity (Wildman–Crippen MR) is 265 cm³/mol. The van der Waals surface area contributed by atoms with Crippen LogP contribution < -0.4 is 0 Å². The van der Waals surface area contributed by atoms with E-state index in [4.69, 9.17) is 23.8 Å². The Kier molecular flexibility index (Phi) is 7.59. The van der Waals surface area contributed by atoms with E-state index in [0.29, 0.717) is 17.5 Å². The van der Waals surface area contributed by atoms with Crippen molar-refractivity contribution >= 4 is 87.2 Å². The maximum atomic E-state index is 6.69. The minimum atomic E-state index is 0.535. The Bertz CT molecular complexity index is 4250. The Hall–Kier alpha value is -8.87. The summed E-state index contributed by atoms with van der Waals surface area (Å²) in [6.45, 7) is 0. The maximum Gasteiger partial charge on any atom is 0.167 e. The van der Waals surface area contributed by atoms with Crippen LogP contribution in [0.25, 0.3) is 138 Å². The standard InChI is InChI=1S/C59H34N4O2/c1-2-14-35(15-3-1)57-60-58(62-59(61-57)45-24-12-23-44-42-21-9-11-26-52(42)65-56(44)45)40-28-29-50(63-49-25-10-8-20-41(49)46-30-36-16-4-6-18-38(36)33-51(46)63)47(32-40)43-22-13-27-53-55(43)48-31-37-17-5-7-19-39(37)34-54(48)64-53/h1-34H. The summed E-state index contributed by atoms with van der Waals surface area (Å²) in [5.41, 5.74) is 11.1. The normalized spacial score (nSPS) is 12.0. The molecule has 0 unspecified atom stereocenters. The van der Waals surface area contributed by atoms with E-state index < -0.39 is 0 Å². The van der Waals surface area contributed by atoms with Gasteiger partial charge in [-0.1, -0.05) is 140 Å². The van der Waals surface area contributed by atoms with Gasteiger partial charge in [0.05, 0.1) is 22.3 Å². The summed E-state index contributed by atoms with van der Waals surface area (Å²) in [5, 5.41) is 11.3. The van der Waals surface area contributed by atoms with Crippen molar-refractivity contribution in [2.24, 2.45) is 0 Å². The number of rotatable bonds is 5. The molecule has 0 aliphatic carbocycles. The molecule has 302 valence electrons. The van der Waals surface area contributed by atoms with Crippen molar-refractivity contribution in [2.45, 2.75) is 0 Å². The Morgan fingerprint density at radius 1 is 0.323 bits per heavy atom. The summed E-state index contributed by atoms with van der Waals surface area (Å²) in [4.78, 5) is 15.7. The Morgan fingerprint density at radius 2 is 0.938 bits per heavy atom. The Morgan fingerprint density at radius 3 is 1.77 bits per heavy atom. The lowest BCUT2D eigenvalue weighted by molar-refractivity contribution is 0.669. The number of nitrogens with zero attached hydrogens (tertiary/aromatic N) is 4. The lowest BCUT2D eigenvalue weighted by Crippen LogP contribution is -2.02. The second-order valence-electron chi connectivity index (χ2n) is 16.7. The Balaban J connectivity index is 1.07. The van der Waals surface area contributed by atoms with E-state index in [2.05, 4.69) is 150 Å². The molecule has 0 aliphatic rings. The number of hydrogen-bond acceptors (Lipinski definition) is 5. The molecule has 6 heteroatoms. The smallest absolute Gasteiger partial charge is 0.167 e. The van der Waals surface area contributed by atoms with Crippen molar-refractivity contribution in [1.82, 2.24) is 19.5 Å². The van der Waals surface area contributed by atoms with Gasteiger partial charge < -0.3 is 13.4 Å². The highest BCUT2D eigenvalue weighted by Crippen LogP contribution is 2.44. The zero-order chi connectivity index (χ0) is 42.6.